The maximum absolute atomic E-state index is 13.7. The molecule has 3 unspecified atom stereocenters. The third kappa shape index (κ3) is 8.57. The van der Waals surface area contributed by atoms with Crippen molar-refractivity contribution in [1.82, 2.24) is 14.9 Å². The molecule has 46 heavy (non-hydrogen) atoms. The number of anilines is 1. The molecular weight excluding hydrogens is 622 g/mol. The van der Waals surface area contributed by atoms with Crippen LogP contribution in [0.5, 0.6) is 5.75 Å². The number of esters is 1. The van der Waals surface area contributed by atoms with Crippen molar-refractivity contribution in [2.24, 2.45) is 0 Å². The third-order valence-electron chi connectivity index (χ3n) is 7.78. The van der Waals surface area contributed by atoms with E-state index in [0.29, 0.717) is 25.0 Å². The Hall–Kier alpha value is -4.56. The Morgan fingerprint density at radius 2 is 1.52 bits per heavy atom. The molecule has 3 aromatic rings. The molecule has 0 saturated carbocycles. The number of aromatic nitrogens is 2. The maximum Gasteiger partial charge on any atom is 0.416 e. The Morgan fingerprint density at radius 1 is 0.935 bits per heavy atom. The minimum absolute atomic E-state index is 0.0292. The van der Waals surface area contributed by atoms with Crippen LogP contribution in [0.2, 0.25) is 0 Å². The van der Waals surface area contributed by atoms with Gasteiger partial charge in [-0.05, 0) is 55.0 Å². The summed E-state index contributed by atoms with van der Waals surface area (Å²) < 4.78 is 92.1. The summed E-state index contributed by atoms with van der Waals surface area (Å²) in [5, 5.41) is 10.1. The molecule has 1 aromatic heterocycles. The van der Waals surface area contributed by atoms with Crippen LogP contribution in [0.3, 0.4) is 0 Å². The van der Waals surface area contributed by atoms with Gasteiger partial charge in [0.05, 0.1) is 30.6 Å². The molecule has 4 rings (SSSR count). The summed E-state index contributed by atoms with van der Waals surface area (Å²) in [7, 11) is 1.17. The summed E-state index contributed by atoms with van der Waals surface area (Å²) in [6.45, 7) is 0.918. The fourth-order valence-corrected chi connectivity index (χ4v) is 5.65. The maximum atomic E-state index is 13.7. The summed E-state index contributed by atoms with van der Waals surface area (Å²) >= 11 is 0. The molecule has 1 N–H and O–H groups in total. The van der Waals surface area contributed by atoms with Crippen LogP contribution in [-0.4, -0.2) is 63.9 Å². The molecule has 1 saturated heterocycles. The van der Waals surface area contributed by atoms with E-state index in [9.17, 15) is 41.0 Å². The first kappa shape index (κ1) is 34.3. The zero-order valence-electron chi connectivity index (χ0n) is 24.9. The van der Waals surface area contributed by atoms with E-state index in [0.717, 1.165) is 5.56 Å². The van der Waals surface area contributed by atoms with Crippen LogP contribution in [0.1, 0.15) is 48.4 Å². The summed E-state index contributed by atoms with van der Waals surface area (Å²) in [6, 6.07) is 8.85. The van der Waals surface area contributed by atoms with Crippen molar-refractivity contribution in [3.8, 4) is 5.75 Å². The van der Waals surface area contributed by atoms with Crippen molar-refractivity contribution >= 4 is 18.0 Å². The van der Waals surface area contributed by atoms with Crippen LogP contribution < -0.4 is 9.64 Å². The van der Waals surface area contributed by atoms with Crippen molar-refractivity contribution in [3.63, 3.8) is 0 Å². The van der Waals surface area contributed by atoms with E-state index in [1.807, 2.05) is 30.3 Å². The number of amides is 1. The molecule has 2 aromatic carbocycles. The summed E-state index contributed by atoms with van der Waals surface area (Å²) in [5.74, 6) is -0.629. The van der Waals surface area contributed by atoms with Gasteiger partial charge in [-0.25, -0.2) is 19.6 Å². The van der Waals surface area contributed by atoms with Gasteiger partial charge in [0.1, 0.15) is 0 Å². The summed E-state index contributed by atoms with van der Waals surface area (Å²) in [4.78, 5) is 35.3. The van der Waals surface area contributed by atoms with Gasteiger partial charge in [-0.1, -0.05) is 37.3 Å². The first-order valence-electron chi connectivity index (χ1n) is 14.3. The number of hydrogen-bond acceptors (Lipinski definition) is 7. The normalized spacial score (nSPS) is 18.6. The Balaban J connectivity index is 1.76. The van der Waals surface area contributed by atoms with E-state index in [2.05, 4.69) is 14.7 Å². The Bertz CT molecular complexity index is 1460. The SMILES string of the molecule is CCC1CC(N(Cc2cc(C(F)(F)F)cc(C(F)(F)F)c2)c2ncc(OCC(=O)OC)cn2)CC(Cc2ccccc2)N1C(=O)O. The van der Waals surface area contributed by atoms with Gasteiger partial charge < -0.3 is 24.4 Å². The number of alkyl halides is 6. The highest BCUT2D eigenvalue weighted by molar-refractivity contribution is 5.70. The number of hydrogen-bond donors (Lipinski definition) is 1. The van der Waals surface area contributed by atoms with Crippen LogP contribution in [0.15, 0.2) is 60.9 Å². The molecule has 248 valence electrons. The Kier molecular flexibility index (Phi) is 10.6. The second-order valence-corrected chi connectivity index (χ2v) is 10.8. The van der Waals surface area contributed by atoms with Crippen molar-refractivity contribution in [2.45, 2.75) is 69.6 Å². The molecule has 9 nitrogen and oxygen atoms in total. The standard InChI is InChI=1S/C31H32F6N4O5/c1-3-23-13-24(14-25(41(23)29(43)44)11-19-7-5-4-6-8-19)40(28-38-15-26(16-39-28)46-18-27(42)45-2)17-20-9-21(30(32,33)34)12-22(10-20)31(35,36)37/h4-10,12,15-16,23-25H,3,11,13-14,17-18H2,1-2H3,(H,43,44). The van der Waals surface area contributed by atoms with E-state index in [1.54, 1.807) is 6.92 Å². The zero-order chi connectivity index (χ0) is 33.6. The minimum Gasteiger partial charge on any atom is -0.479 e. The van der Waals surface area contributed by atoms with E-state index >= 15 is 0 Å². The molecule has 1 aliphatic rings. The lowest BCUT2D eigenvalue weighted by Gasteiger charge is -2.47. The zero-order valence-corrected chi connectivity index (χ0v) is 24.9. The van der Waals surface area contributed by atoms with Crippen LogP contribution >= 0.6 is 0 Å². The average molecular weight is 655 g/mol. The van der Waals surface area contributed by atoms with E-state index in [-0.39, 0.29) is 36.2 Å². The predicted octanol–water partition coefficient (Wildman–Crippen LogP) is 6.60. The van der Waals surface area contributed by atoms with E-state index < -0.39 is 66.8 Å². The molecule has 2 heterocycles. The van der Waals surface area contributed by atoms with Crippen molar-refractivity contribution < 1.29 is 50.5 Å². The number of carboxylic acid groups (broad SMARTS) is 1. The number of methoxy groups -OCH3 is 1. The second kappa shape index (κ2) is 14.3. The lowest BCUT2D eigenvalue weighted by molar-refractivity contribution is -0.144. The highest BCUT2D eigenvalue weighted by atomic mass is 19.4. The average Bonchev–Trinajstić information content (AvgIpc) is 3.01. The van der Waals surface area contributed by atoms with Gasteiger partial charge >= 0.3 is 24.4 Å². The number of ether oxygens (including phenoxy) is 2. The van der Waals surface area contributed by atoms with Crippen molar-refractivity contribution in [3.05, 3.63) is 83.2 Å². The van der Waals surface area contributed by atoms with Crippen LogP contribution in [0, 0.1) is 0 Å². The number of carbonyl (C=O) groups is 2. The number of carbonyl (C=O) groups excluding carboxylic acids is 1. The van der Waals surface area contributed by atoms with Crippen LogP contribution in [-0.2, 0) is 34.8 Å². The van der Waals surface area contributed by atoms with Crippen LogP contribution in [0.4, 0.5) is 37.1 Å². The predicted molar refractivity (Wildman–Crippen MR) is 153 cm³/mol. The van der Waals surface area contributed by atoms with Gasteiger partial charge in [0, 0.05) is 24.7 Å². The van der Waals surface area contributed by atoms with E-state index in [4.69, 9.17) is 4.74 Å². The second-order valence-electron chi connectivity index (χ2n) is 10.8. The number of likely N-dealkylation sites (tertiary alicyclic amines) is 1. The van der Waals surface area contributed by atoms with Gasteiger partial charge in [-0.3, -0.25) is 0 Å². The van der Waals surface area contributed by atoms with E-state index in [1.165, 1.54) is 29.3 Å². The number of piperidine rings is 1. The number of rotatable bonds is 10. The third-order valence-corrected chi connectivity index (χ3v) is 7.78. The highest BCUT2D eigenvalue weighted by Crippen LogP contribution is 2.38. The monoisotopic (exact) mass is 654 g/mol. The quantitative estimate of drug-likeness (QED) is 0.193. The first-order valence-corrected chi connectivity index (χ1v) is 14.3. The van der Waals surface area contributed by atoms with Gasteiger partial charge in [-0.15, -0.1) is 0 Å². The Labute approximate surface area is 260 Å². The molecule has 0 radical (unpaired) electrons. The molecule has 0 spiro atoms. The van der Waals surface area contributed by atoms with Gasteiger partial charge in [0.15, 0.2) is 12.4 Å². The topological polar surface area (TPSA) is 105 Å². The fourth-order valence-electron chi connectivity index (χ4n) is 5.65. The molecule has 1 fully saturated rings. The van der Waals surface area contributed by atoms with Crippen LogP contribution in [0.25, 0.3) is 0 Å². The molecule has 0 bridgehead atoms. The summed E-state index contributed by atoms with van der Waals surface area (Å²) in [5.41, 5.74) is -2.35. The highest BCUT2D eigenvalue weighted by Gasteiger charge is 2.41. The van der Waals surface area contributed by atoms with Gasteiger partial charge in [0.2, 0.25) is 5.95 Å². The lowest BCUT2D eigenvalue weighted by Crippen LogP contribution is -2.57. The molecule has 1 amide bonds. The fraction of sp³-hybridized carbons (Fsp3) is 0.419. The minimum atomic E-state index is -5.04. The molecular formula is C31H32F6N4O5. The number of benzene rings is 2. The molecule has 3 atom stereocenters. The van der Waals surface area contributed by atoms with Gasteiger partial charge in [0.25, 0.3) is 0 Å². The molecule has 1 aliphatic heterocycles. The largest absolute Gasteiger partial charge is 0.479 e. The number of nitrogens with zero attached hydrogens (tertiary/aromatic N) is 4. The van der Waals surface area contributed by atoms with Crippen molar-refractivity contribution in [1.29, 1.82) is 0 Å². The number of halogens is 6. The molecule has 15 heteroatoms. The smallest absolute Gasteiger partial charge is 0.416 e. The molecule has 0 aliphatic carbocycles. The first-order chi connectivity index (χ1) is 21.7. The van der Waals surface area contributed by atoms with Gasteiger partial charge in [-0.2, -0.15) is 26.3 Å². The van der Waals surface area contributed by atoms with Crippen molar-refractivity contribution in [2.75, 3.05) is 18.6 Å². The summed E-state index contributed by atoms with van der Waals surface area (Å²) in [6.07, 6.45) is -7.65. The Morgan fingerprint density at radius 3 is 2.04 bits per heavy atom. The lowest BCUT2D eigenvalue weighted by atomic mass is 9.86.